The maximum absolute atomic E-state index is 12.9. The molecule has 5 aromatic rings. The molecule has 196 valence electrons. The highest BCUT2D eigenvalue weighted by molar-refractivity contribution is 7.92. The summed E-state index contributed by atoms with van der Waals surface area (Å²) in [4.78, 5) is 12.8. The van der Waals surface area contributed by atoms with Gasteiger partial charge in [0, 0.05) is 16.6 Å². The summed E-state index contributed by atoms with van der Waals surface area (Å²) in [5.41, 5.74) is 2.24. The minimum atomic E-state index is -3.98. The van der Waals surface area contributed by atoms with Gasteiger partial charge in [0.25, 0.3) is 15.9 Å². The van der Waals surface area contributed by atoms with Crippen LogP contribution in [0, 0.1) is 0 Å². The van der Waals surface area contributed by atoms with Crippen LogP contribution in [0.3, 0.4) is 0 Å². The number of rotatable bonds is 8. The van der Waals surface area contributed by atoms with Crippen molar-refractivity contribution in [2.45, 2.75) is 11.4 Å². The molecule has 0 aliphatic rings. The molecule has 0 radical (unpaired) electrons. The molecule has 0 aliphatic heterocycles. The van der Waals surface area contributed by atoms with Crippen molar-refractivity contribution in [1.82, 2.24) is 4.57 Å². The fourth-order valence-corrected chi connectivity index (χ4v) is 5.22. The van der Waals surface area contributed by atoms with E-state index in [2.05, 4.69) is 15.0 Å². The van der Waals surface area contributed by atoms with Crippen molar-refractivity contribution >= 4 is 38.2 Å². The van der Waals surface area contributed by atoms with Crippen LogP contribution in [0.15, 0.2) is 118 Å². The number of amides is 1. The van der Waals surface area contributed by atoms with E-state index >= 15 is 0 Å². The fraction of sp³-hybridized carbons (Fsp3) is 0.0690. The summed E-state index contributed by atoms with van der Waals surface area (Å²) in [7, 11) is -2.46. The zero-order valence-corrected chi connectivity index (χ0v) is 21.7. The molecule has 9 nitrogen and oxygen atoms in total. The summed E-state index contributed by atoms with van der Waals surface area (Å²) in [6.45, 7) is 0.401. The average Bonchev–Trinajstić information content (AvgIpc) is 3.22. The number of nitrogens with zero attached hydrogens (tertiary/aromatic N) is 3. The monoisotopic (exact) mass is 540 g/mol. The van der Waals surface area contributed by atoms with Gasteiger partial charge in [0.1, 0.15) is 5.75 Å². The maximum atomic E-state index is 12.9. The van der Waals surface area contributed by atoms with Crippen LogP contribution >= 0.6 is 0 Å². The number of methoxy groups -OCH3 is 1. The molecule has 0 spiro atoms. The number of carbonyl (C=O) groups is 1. The first-order valence-electron chi connectivity index (χ1n) is 11.9. The summed E-state index contributed by atoms with van der Waals surface area (Å²) in [6.07, 6.45) is 0. The number of nitrogens with one attached hydrogen (secondary N) is 1. The molecule has 0 saturated heterocycles. The molecule has 0 aliphatic carbocycles. The van der Waals surface area contributed by atoms with Crippen molar-refractivity contribution in [2.24, 2.45) is 10.2 Å². The highest BCUT2D eigenvalue weighted by Gasteiger charge is 2.19. The highest BCUT2D eigenvalue weighted by atomic mass is 32.2. The quantitative estimate of drug-likeness (QED) is 0.229. The van der Waals surface area contributed by atoms with Crippen LogP contribution in [0.1, 0.15) is 15.9 Å². The van der Waals surface area contributed by atoms with Crippen LogP contribution in [0.4, 0.5) is 11.4 Å². The second-order valence-electron chi connectivity index (χ2n) is 8.63. The molecule has 0 saturated carbocycles. The second-order valence-corrected chi connectivity index (χ2v) is 10.3. The minimum absolute atomic E-state index is 0.0314. The molecule has 1 aromatic heterocycles. The van der Waals surface area contributed by atoms with E-state index < -0.39 is 15.9 Å². The SMILES string of the molecule is COc1ccc(NS(=O)(=O)c2cccc(C(=O)N=Nc3c(O)n(Cc4ccccc4)c4ccccc34)c2)cc1. The van der Waals surface area contributed by atoms with Gasteiger partial charge in [-0.15, -0.1) is 10.2 Å². The summed E-state index contributed by atoms with van der Waals surface area (Å²) in [5.74, 6) is -0.294. The molecule has 2 N–H and O–H groups in total. The van der Waals surface area contributed by atoms with Gasteiger partial charge in [0.15, 0.2) is 5.69 Å². The molecule has 1 amide bonds. The largest absolute Gasteiger partial charge is 0.497 e. The number of benzene rings is 4. The average molecular weight is 541 g/mol. The third-order valence-corrected chi connectivity index (χ3v) is 7.45. The van der Waals surface area contributed by atoms with Crippen LogP contribution < -0.4 is 9.46 Å². The van der Waals surface area contributed by atoms with Crippen molar-refractivity contribution in [3.05, 3.63) is 114 Å². The van der Waals surface area contributed by atoms with Crippen molar-refractivity contribution in [3.8, 4) is 11.6 Å². The van der Waals surface area contributed by atoms with Crippen LogP contribution in [0.5, 0.6) is 11.6 Å². The van der Waals surface area contributed by atoms with Crippen molar-refractivity contribution in [3.63, 3.8) is 0 Å². The zero-order valence-electron chi connectivity index (χ0n) is 20.9. The number of anilines is 1. The van der Waals surface area contributed by atoms with Gasteiger partial charge in [-0.2, -0.15) is 0 Å². The van der Waals surface area contributed by atoms with Gasteiger partial charge in [-0.1, -0.05) is 54.6 Å². The molecule has 0 atom stereocenters. The number of ether oxygens (including phenoxy) is 1. The normalized spacial score (nSPS) is 11.6. The Bertz CT molecular complexity index is 1780. The van der Waals surface area contributed by atoms with E-state index in [9.17, 15) is 18.3 Å². The first kappa shape index (κ1) is 25.7. The number of aromatic nitrogens is 1. The first-order valence-corrected chi connectivity index (χ1v) is 13.4. The minimum Gasteiger partial charge on any atom is -0.497 e. The Morgan fingerprint density at radius 3 is 2.38 bits per heavy atom. The van der Waals surface area contributed by atoms with E-state index in [0.717, 1.165) is 11.1 Å². The molecule has 39 heavy (non-hydrogen) atoms. The Kier molecular flexibility index (Phi) is 7.11. The Morgan fingerprint density at radius 1 is 0.923 bits per heavy atom. The topological polar surface area (TPSA) is 122 Å². The Labute approximate surface area is 225 Å². The predicted molar refractivity (Wildman–Crippen MR) is 148 cm³/mol. The van der Waals surface area contributed by atoms with E-state index in [1.807, 2.05) is 42.5 Å². The smallest absolute Gasteiger partial charge is 0.295 e. The van der Waals surface area contributed by atoms with Gasteiger partial charge >= 0.3 is 0 Å². The van der Waals surface area contributed by atoms with Crippen LogP contribution in [-0.4, -0.2) is 31.1 Å². The molecular weight excluding hydrogens is 516 g/mol. The third kappa shape index (κ3) is 5.51. The van der Waals surface area contributed by atoms with E-state index in [4.69, 9.17) is 4.74 Å². The molecular formula is C29H24N4O5S. The molecule has 1 heterocycles. The van der Waals surface area contributed by atoms with Gasteiger partial charge < -0.3 is 14.4 Å². The number of carbonyl (C=O) groups excluding carboxylic acids is 1. The van der Waals surface area contributed by atoms with Crippen molar-refractivity contribution in [1.29, 1.82) is 0 Å². The number of fused-ring (bicyclic) bond motifs is 1. The first-order chi connectivity index (χ1) is 18.9. The maximum Gasteiger partial charge on any atom is 0.295 e. The lowest BCUT2D eigenvalue weighted by molar-refractivity contribution is 0.0995. The van der Waals surface area contributed by atoms with Gasteiger partial charge in [0.2, 0.25) is 5.88 Å². The van der Waals surface area contributed by atoms with Crippen molar-refractivity contribution in [2.75, 3.05) is 11.8 Å². The zero-order chi connectivity index (χ0) is 27.4. The molecule has 4 aromatic carbocycles. The Hall–Kier alpha value is -4.96. The van der Waals surface area contributed by atoms with Gasteiger partial charge in [-0.3, -0.25) is 9.52 Å². The lowest BCUT2D eigenvalue weighted by Gasteiger charge is -2.09. The summed E-state index contributed by atoms with van der Waals surface area (Å²) < 4.78 is 35.1. The Balaban J connectivity index is 1.40. The summed E-state index contributed by atoms with van der Waals surface area (Å²) in [5, 5.41) is 19.5. The summed E-state index contributed by atoms with van der Waals surface area (Å²) >= 11 is 0. The summed E-state index contributed by atoms with van der Waals surface area (Å²) in [6, 6.07) is 28.8. The van der Waals surface area contributed by atoms with Crippen LogP contribution in [0.25, 0.3) is 10.9 Å². The lowest BCUT2D eigenvalue weighted by atomic mass is 10.2. The number of azo groups is 1. The lowest BCUT2D eigenvalue weighted by Crippen LogP contribution is -2.13. The van der Waals surface area contributed by atoms with Crippen LogP contribution in [-0.2, 0) is 16.6 Å². The predicted octanol–water partition coefficient (Wildman–Crippen LogP) is 6.13. The molecule has 0 fully saturated rings. The van der Waals surface area contributed by atoms with E-state index in [1.165, 1.54) is 31.4 Å². The van der Waals surface area contributed by atoms with Gasteiger partial charge in [-0.25, -0.2) is 8.42 Å². The third-order valence-electron chi connectivity index (χ3n) is 6.08. The highest BCUT2D eigenvalue weighted by Crippen LogP contribution is 2.39. The number of hydrogen-bond acceptors (Lipinski definition) is 6. The van der Waals surface area contributed by atoms with E-state index in [-0.39, 0.29) is 22.0 Å². The standard InChI is InChI=1S/C29H24N4O5S/c1-38-23-16-14-22(15-17-23)32-39(36,37)24-11-7-10-21(18-24)28(34)31-30-27-25-12-5-6-13-26(25)33(29(27)35)19-20-8-3-2-4-9-20/h2-18,32,35H,19H2,1H3. The van der Waals surface area contributed by atoms with Gasteiger partial charge in [-0.05, 0) is 54.1 Å². The second kappa shape index (κ2) is 10.8. The Morgan fingerprint density at radius 2 is 1.64 bits per heavy atom. The van der Waals surface area contributed by atoms with E-state index in [1.54, 1.807) is 41.0 Å². The molecule has 0 bridgehead atoms. The molecule has 0 unspecified atom stereocenters. The number of aromatic hydroxyl groups is 1. The molecule has 10 heteroatoms. The molecule has 5 rings (SSSR count). The van der Waals surface area contributed by atoms with Gasteiger partial charge in [0.05, 0.1) is 24.1 Å². The van der Waals surface area contributed by atoms with Crippen LogP contribution in [0.2, 0.25) is 0 Å². The van der Waals surface area contributed by atoms with E-state index in [0.29, 0.717) is 23.4 Å². The number of para-hydroxylation sites is 1. The number of sulfonamides is 1. The fourth-order valence-electron chi connectivity index (χ4n) is 4.12. The van der Waals surface area contributed by atoms with Crippen molar-refractivity contribution < 1.29 is 23.1 Å². The number of hydrogen-bond donors (Lipinski definition) is 2.